The van der Waals surface area contributed by atoms with Crippen molar-refractivity contribution >= 4 is 92.4 Å². The normalized spacial score (nSPS) is 11.8. The van der Waals surface area contributed by atoms with Crippen LogP contribution in [0.1, 0.15) is 0 Å². The van der Waals surface area contributed by atoms with Gasteiger partial charge in [-0.15, -0.1) is 11.3 Å². The lowest BCUT2D eigenvalue weighted by atomic mass is 9.95. The van der Waals surface area contributed by atoms with E-state index in [2.05, 4.69) is 199 Å². The predicted molar refractivity (Wildman–Crippen MR) is 245 cm³/mol. The van der Waals surface area contributed by atoms with Crippen LogP contribution in [0.2, 0.25) is 0 Å². The molecule has 0 atom stereocenters. The molecular weight excluding hydrogens is 727 g/mol. The summed E-state index contributed by atoms with van der Waals surface area (Å²) < 4.78 is 16.4. The largest absolute Gasteiger partial charge is 0.455 e. The van der Waals surface area contributed by atoms with Gasteiger partial charge in [-0.2, -0.15) is 0 Å². The second-order valence-corrected chi connectivity index (χ2v) is 15.8. The molecule has 0 aliphatic rings. The van der Waals surface area contributed by atoms with Crippen LogP contribution in [0.3, 0.4) is 0 Å². The van der Waals surface area contributed by atoms with Crippen LogP contribution >= 0.6 is 11.3 Å². The van der Waals surface area contributed by atoms with E-state index in [1.807, 2.05) is 17.4 Å². The molecule has 0 amide bonds. The smallest absolute Gasteiger partial charge is 0.159 e. The molecule has 0 spiro atoms. The number of fused-ring (bicyclic) bond motifs is 9. The molecule has 0 radical (unpaired) electrons. The van der Waals surface area contributed by atoms with Crippen LogP contribution < -0.4 is 4.90 Å². The zero-order valence-electron chi connectivity index (χ0n) is 31.2. The third kappa shape index (κ3) is 4.99. The second-order valence-electron chi connectivity index (χ2n) is 14.7. The van der Waals surface area contributed by atoms with Crippen molar-refractivity contribution in [3.05, 3.63) is 200 Å². The lowest BCUT2D eigenvalue weighted by molar-refractivity contribution is 0.668. The molecule has 272 valence electrons. The van der Waals surface area contributed by atoms with Gasteiger partial charge >= 0.3 is 0 Å². The Hall–Kier alpha value is -7.40. The fraction of sp³-hybridized carbons (Fsp3) is 0. The van der Waals surface area contributed by atoms with Crippen molar-refractivity contribution in [1.82, 2.24) is 0 Å². The van der Waals surface area contributed by atoms with E-state index in [9.17, 15) is 0 Å². The molecule has 0 fully saturated rings. The SMILES string of the molecule is c1ccc(-c2ccc3oc4c(-c5ccccc5)cccc4c3c2N(c2cccc3c2oc2ccccc23)c2ccc(-c3ccccc3)c3sc4ccccc4c23)cc1. The van der Waals surface area contributed by atoms with Gasteiger partial charge in [0.15, 0.2) is 5.58 Å². The summed E-state index contributed by atoms with van der Waals surface area (Å²) in [6, 6.07) is 71.2. The Morgan fingerprint density at radius 2 is 0.931 bits per heavy atom. The minimum absolute atomic E-state index is 0.821. The lowest BCUT2D eigenvalue weighted by Crippen LogP contribution is -2.12. The number of rotatable bonds is 6. The zero-order valence-corrected chi connectivity index (χ0v) is 32.0. The number of para-hydroxylation sites is 3. The van der Waals surface area contributed by atoms with Gasteiger partial charge in [0, 0.05) is 47.5 Å². The Morgan fingerprint density at radius 1 is 0.345 bits per heavy atom. The number of hydrogen-bond donors (Lipinski definition) is 0. The maximum atomic E-state index is 7.00. The highest BCUT2D eigenvalue weighted by molar-refractivity contribution is 7.26. The van der Waals surface area contributed by atoms with E-state index in [0.29, 0.717) is 0 Å². The summed E-state index contributed by atoms with van der Waals surface area (Å²) in [6.07, 6.45) is 0. The lowest BCUT2D eigenvalue weighted by Gasteiger charge is -2.30. The van der Waals surface area contributed by atoms with Gasteiger partial charge in [0.25, 0.3) is 0 Å². The van der Waals surface area contributed by atoms with Gasteiger partial charge in [-0.25, -0.2) is 0 Å². The number of anilines is 3. The van der Waals surface area contributed by atoms with Gasteiger partial charge < -0.3 is 13.7 Å². The van der Waals surface area contributed by atoms with Crippen molar-refractivity contribution in [3.63, 3.8) is 0 Å². The molecule has 12 aromatic rings. The molecular formula is C54H33NO2S. The molecule has 0 unspecified atom stereocenters. The van der Waals surface area contributed by atoms with Crippen LogP contribution in [0.15, 0.2) is 209 Å². The minimum Gasteiger partial charge on any atom is -0.455 e. The molecule has 0 N–H and O–H groups in total. The average molecular weight is 760 g/mol. The van der Waals surface area contributed by atoms with Crippen LogP contribution in [0.25, 0.3) is 97.4 Å². The average Bonchev–Trinajstić information content (AvgIpc) is 4.00. The number of hydrogen-bond acceptors (Lipinski definition) is 4. The molecule has 3 heterocycles. The topological polar surface area (TPSA) is 29.5 Å². The van der Waals surface area contributed by atoms with Gasteiger partial charge in [0.2, 0.25) is 0 Å². The Balaban J connectivity index is 1.28. The number of furan rings is 2. The van der Waals surface area contributed by atoms with Crippen molar-refractivity contribution in [3.8, 4) is 33.4 Å². The first-order chi connectivity index (χ1) is 28.8. The van der Waals surface area contributed by atoms with E-state index in [-0.39, 0.29) is 0 Å². The summed E-state index contributed by atoms with van der Waals surface area (Å²) >= 11 is 1.85. The monoisotopic (exact) mass is 759 g/mol. The summed E-state index contributed by atoms with van der Waals surface area (Å²) in [5, 5.41) is 6.67. The molecule has 0 aliphatic heterocycles. The van der Waals surface area contributed by atoms with Crippen LogP contribution in [0, 0.1) is 0 Å². The van der Waals surface area contributed by atoms with E-state index >= 15 is 0 Å². The molecule has 3 nitrogen and oxygen atoms in total. The summed E-state index contributed by atoms with van der Waals surface area (Å²) in [5.41, 5.74) is 13.2. The minimum atomic E-state index is 0.821. The Labute approximate surface area is 338 Å². The van der Waals surface area contributed by atoms with E-state index in [0.717, 1.165) is 83.2 Å². The standard InChI is InChI=1S/C54H33NO2S/c1-4-16-34(17-5-1)37-31-33-47-50(43-26-14-24-38(52(43)57-47)35-18-6-2-7-19-35)51(37)55(45-27-15-25-41-40-22-10-12-28-46(40)56-53(41)45)44-32-30-39(36-20-8-3-9-21-36)54-49(44)42-23-11-13-29-48(42)58-54/h1-33H. The van der Waals surface area contributed by atoms with Crippen LogP contribution in [-0.2, 0) is 0 Å². The molecule has 0 saturated carbocycles. The van der Waals surface area contributed by atoms with E-state index in [4.69, 9.17) is 8.83 Å². The highest BCUT2D eigenvalue weighted by atomic mass is 32.1. The first kappa shape index (κ1) is 32.8. The maximum Gasteiger partial charge on any atom is 0.159 e. The second kappa shape index (κ2) is 13.1. The first-order valence-corrected chi connectivity index (χ1v) is 20.4. The summed E-state index contributed by atoms with van der Waals surface area (Å²) in [7, 11) is 0. The highest BCUT2D eigenvalue weighted by Crippen LogP contribution is 2.54. The Bertz CT molecular complexity index is 3510. The Morgan fingerprint density at radius 3 is 1.71 bits per heavy atom. The maximum absolute atomic E-state index is 7.00. The van der Waals surface area contributed by atoms with Gasteiger partial charge in [0.05, 0.1) is 22.4 Å². The first-order valence-electron chi connectivity index (χ1n) is 19.6. The third-order valence-corrected chi connectivity index (χ3v) is 12.7. The Kier molecular flexibility index (Phi) is 7.40. The molecule has 0 aliphatic carbocycles. The van der Waals surface area contributed by atoms with Gasteiger partial charge in [-0.05, 0) is 58.7 Å². The molecule has 0 saturated heterocycles. The molecule has 12 rings (SSSR count). The summed E-state index contributed by atoms with van der Waals surface area (Å²) in [4.78, 5) is 2.47. The molecule has 0 bridgehead atoms. The van der Waals surface area contributed by atoms with Crippen molar-refractivity contribution < 1.29 is 8.83 Å². The van der Waals surface area contributed by atoms with Gasteiger partial charge in [-0.1, -0.05) is 164 Å². The third-order valence-electron chi connectivity index (χ3n) is 11.5. The number of benzene rings is 9. The quantitative estimate of drug-likeness (QED) is 0.169. The van der Waals surface area contributed by atoms with Crippen molar-refractivity contribution in [2.45, 2.75) is 0 Å². The van der Waals surface area contributed by atoms with Crippen molar-refractivity contribution in [2.24, 2.45) is 0 Å². The molecule has 4 heteroatoms. The predicted octanol–water partition coefficient (Wildman–Crippen LogP) is 16.3. The van der Waals surface area contributed by atoms with Gasteiger partial charge in [0.1, 0.15) is 16.7 Å². The van der Waals surface area contributed by atoms with Crippen molar-refractivity contribution in [2.75, 3.05) is 4.90 Å². The van der Waals surface area contributed by atoms with Crippen LogP contribution in [-0.4, -0.2) is 0 Å². The summed E-state index contributed by atoms with van der Waals surface area (Å²) in [6.45, 7) is 0. The van der Waals surface area contributed by atoms with Crippen molar-refractivity contribution in [1.29, 1.82) is 0 Å². The zero-order chi connectivity index (χ0) is 38.2. The van der Waals surface area contributed by atoms with E-state index in [1.54, 1.807) is 0 Å². The van der Waals surface area contributed by atoms with E-state index < -0.39 is 0 Å². The molecule has 3 aromatic heterocycles. The van der Waals surface area contributed by atoms with Crippen LogP contribution in [0.4, 0.5) is 17.1 Å². The molecule has 9 aromatic carbocycles. The van der Waals surface area contributed by atoms with E-state index in [1.165, 1.54) is 31.3 Å². The fourth-order valence-electron chi connectivity index (χ4n) is 8.92. The van der Waals surface area contributed by atoms with Gasteiger partial charge in [-0.3, -0.25) is 0 Å². The highest BCUT2D eigenvalue weighted by Gasteiger charge is 2.29. The number of thiophene rings is 1. The molecule has 58 heavy (non-hydrogen) atoms. The summed E-state index contributed by atoms with van der Waals surface area (Å²) in [5.74, 6) is 0. The number of nitrogens with zero attached hydrogens (tertiary/aromatic N) is 1. The fourth-order valence-corrected chi connectivity index (χ4v) is 10.2. The van der Waals surface area contributed by atoms with Crippen LogP contribution in [0.5, 0.6) is 0 Å².